The number of H-pyrrole nitrogens is 1. The third-order valence-corrected chi connectivity index (χ3v) is 2.61. The van der Waals surface area contributed by atoms with E-state index >= 15 is 0 Å². The highest BCUT2D eigenvalue weighted by Crippen LogP contribution is 2.28. The number of hydrogen-bond donors (Lipinski definition) is 1. The maximum atomic E-state index is 13.1. The summed E-state index contributed by atoms with van der Waals surface area (Å²) >= 11 is 0. The van der Waals surface area contributed by atoms with Crippen LogP contribution in [-0.2, 0) is 0 Å². The molecule has 1 heterocycles. The Morgan fingerprint density at radius 3 is 2.28 bits per heavy atom. The first-order valence-electron chi connectivity index (χ1n) is 5.40. The molecule has 0 aliphatic carbocycles. The fourth-order valence-corrected chi connectivity index (χ4v) is 1.71. The first-order valence-corrected chi connectivity index (χ1v) is 5.40. The average Bonchev–Trinajstić information content (AvgIpc) is 2.79. The SMILES string of the molecule is CC(=O)c1c[nH]c(C(=C(F)F)c2ccccc2)c1. The summed E-state index contributed by atoms with van der Waals surface area (Å²) in [5.41, 5.74) is 0.864. The Balaban J connectivity index is 2.50. The number of rotatable bonds is 3. The molecule has 0 unspecified atom stereocenters. The zero-order valence-electron chi connectivity index (χ0n) is 9.71. The lowest BCUT2D eigenvalue weighted by atomic mass is 10.0. The molecule has 0 aliphatic rings. The summed E-state index contributed by atoms with van der Waals surface area (Å²) in [5.74, 6) is -0.163. The number of ketones is 1. The Hall–Kier alpha value is -2.23. The molecular formula is C14H11F2NO. The Morgan fingerprint density at radius 2 is 1.78 bits per heavy atom. The van der Waals surface area contributed by atoms with Crippen molar-refractivity contribution in [3.63, 3.8) is 0 Å². The number of Topliss-reactive ketones (excluding diaryl/α,β-unsaturated/α-hetero) is 1. The number of carbonyl (C=O) groups excluding carboxylic acids is 1. The number of nitrogens with one attached hydrogen (secondary N) is 1. The van der Waals surface area contributed by atoms with Gasteiger partial charge in [-0.3, -0.25) is 4.79 Å². The molecule has 92 valence electrons. The van der Waals surface area contributed by atoms with E-state index in [2.05, 4.69) is 4.98 Å². The van der Waals surface area contributed by atoms with Crippen molar-refractivity contribution in [2.24, 2.45) is 0 Å². The predicted octanol–water partition coefficient (Wildman–Crippen LogP) is 3.87. The highest BCUT2D eigenvalue weighted by molar-refractivity contribution is 5.95. The van der Waals surface area contributed by atoms with Crippen molar-refractivity contribution >= 4 is 11.4 Å². The lowest BCUT2D eigenvalue weighted by Gasteiger charge is -2.03. The van der Waals surface area contributed by atoms with Crippen molar-refractivity contribution in [3.05, 3.63) is 65.5 Å². The van der Waals surface area contributed by atoms with Gasteiger partial charge in [-0.2, -0.15) is 8.78 Å². The second-order valence-electron chi connectivity index (χ2n) is 3.86. The van der Waals surface area contributed by atoms with Crippen LogP contribution in [0.2, 0.25) is 0 Å². The highest BCUT2D eigenvalue weighted by atomic mass is 19.3. The number of aromatic nitrogens is 1. The Labute approximate surface area is 103 Å². The smallest absolute Gasteiger partial charge is 0.280 e. The molecule has 0 saturated heterocycles. The summed E-state index contributed by atoms with van der Waals surface area (Å²) in [7, 11) is 0. The van der Waals surface area contributed by atoms with E-state index in [0.29, 0.717) is 11.1 Å². The fourth-order valence-electron chi connectivity index (χ4n) is 1.71. The van der Waals surface area contributed by atoms with Crippen molar-refractivity contribution in [1.29, 1.82) is 0 Å². The van der Waals surface area contributed by atoms with Crippen LogP contribution in [0.4, 0.5) is 8.78 Å². The molecule has 1 aromatic heterocycles. The van der Waals surface area contributed by atoms with E-state index in [0.717, 1.165) is 0 Å². The fraction of sp³-hybridized carbons (Fsp3) is 0.0714. The second-order valence-corrected chi connectivity index (χ2v) is 3.86. The molecule has 2 rings (SSSR count). The molecule has 0 bridgehead atoms. The van der Waals surface area contributed by atoms with Gasteiger partial charge in [0.05, 0.1) is 11.3 Å². The van der Waals surface area contributed by atoms with Crippen LogP contribution in [0, 0.1) is 0 Å². The van der Waals surface area contributed by atoms with Crippen LogP contribution in [0.3, 0.4) is 0 Å². The Kier molecular flexibility index (Phi) is 3.37. The molecule has 0 spiro atoms. The van der Waals surface area contributed by atoms with Crippen LogP contribution in [0.15, 0.2) is 48.7 Å². The molecule has 2 aromatic rings. The van der Waals surface area contributed by atoms with Gasteiger partial charge in [-0.05, 0) is 18.6 Å². The molecule has 18 heavy (non-hydrogen) atoms. The summed E-state index contributed by atoms with van der Waals surface area (Å²) in [5, 5.41) is 0. The van der Waals surface area contributed by atoms with Gasteiger partial charge in [0.15, 0.2) is 5.78 Å². The van der Waals surface area contributed by atoms with E-state index < -0.39 is 6.08 Å². The van der Waals surface area contributed by atoms with Crippen LogP contribution < -0.4 is 0 Å². The van der Waals surface area contributed by atoms with Gasteiger partial charge in [-0.1, -0.05) is 30.3 Å². The zero-order chi connectivity index (χ0) is 13.1. The van der Waals surface area contributed by atoms with Gasteiger partial charge in [-0.15, -0.1) is 0 Å². The minimum atomic E-state index is -1.78. The van der Waals surface area contributed by atoms with Crippen molar-refractivity contribution < 1.29 is 13.6 Å². The number of aromatic amines is 1. The normalized spacial score (nSPS) is 10.2. The third kappa shape index (κ3) is 2.37. The molecule has 0 saturated carbocycles. The van der Waals surface area contributed by atoms with Crippen LogP contribution in [0.1, 0.15) is 28.5 Å². The summed E-state index contributed by atoms with van der Waals surface area (Å²) in [4.78, 5) is 13.9. The summed E-state index contributed by atoms with van der Waals surface area (Å²) in [6.45, 7) is 1.39. The molecule has 0 radical (unpaired) electrons. The first-order chi connectivity index (χ1) is 8.59. The predicted molar refractivity (Wildman–Crippen MR) is 65.5 cm³/mol. The van der Waals surface area contributed by atoms with Crippen molar-refractivity contribution in [1.82, 2.24) is 4.98 Å². The third-order valence-electron chi connectivity index (χ3n) is 2.61. The van der Waals surface area contributed by atoms with Crippen molar-refractivity contribution in [2.75, 3.05) is 0 Å². The van der Waals surface area contributed by atoms with E-state index in [9.17, 15) is 13.6 Å². The lowest BCUT2D eigenvalue weighted by Crippen LogP contribution is -1.90. The average molecular weight is 247 g/mol. The van der Waals surface area contributed by atoms with Gasteiger partial charge in [-0.25, -0.2) is 0 Å². The maximum Gasteiger partial charge on any atom is 0.280 e. The monoisotopic (exact) mass is 247 g/mol. The van der Waals surface area contributed by atoms with Crippen LogP contribution in [-0.4, -0.2) is 10.8 Å². The minimum absolute atomic E-state index is 0.163. The number of halogens is 2. The summed E-state index contributed by atoms with van der Waals surface area (Å²) < 4.78 is 26.1. The van der Waals surface area contributed by atoms with Gasteiger partial charge in [0.25, 0.3) is 6.08 Å². The van der Waals surface area contributed by atoms with Gasteiger partial charge in [0, 0.05) is 11.8 Å². The zero-order valence-corrected chi connectivity index (χ0v) is 9.71. The molecule has 4 heteroatoms. The van der Waals surface area contributed by atoms with E-state index in [1.54, 1.807) is 30.3 Å². The molecule has 2 nitrogen and oxygen atoms in total. The number of benzene rings is 1. The molecule has 1 N–H and O–H groups in total. The molecule has 0 amide bonds. The van der Waals surface area contributed by atoms with Gasteiger partial charge in [0.2, 0.25) is 0 Å². The quantitative estimate of drug-likeness (QED) is 0.820. The highest BCUT2D eigenvalue weighted by Gasteiger charge is 2.14. The summed E-state index contributed by atoms with van der Waals surface area (Å²) in [6, 6.07) is 9.77. The number of carbonyl (C=O) groups is 1. The molecule has 0 aliphatic heterocycles. The largest absolute Gasteiger partial charge is 0.360 e. The van der Waals surface area contributed by atoms with Crippen molar-refractivity contribution in [3.8, 4) is 0 Å². The Bertz CT molecular complexity index is 595. The summed E-state index contributed by atoms with van der Waals surface area (Å²) in [6.07, 6.45) is -0.345. The number of hydrogen-bond acceptors (Lipinski definition) is 1. The molecule has 1 aromatic carbocycles. The standard InChI is InChI=1S/C14H11F2NO/c1-9(18)11-7-12(17-8-11)13(14(15)16)10-5-3-2-4-6-10/h2-8,17H,1H3. The lowest BCUT2D eigenvalue weighted by molar-refractivity contribution is 0.101. The minimum Gasteiger partial charge on any atom is -0.360 e. The second kappa shape index (κ2) is 4.96. The van der Waals surface area contributed by atoms with E-state index in [1.165, 1.54) is 19.2 Å². The molecular weight excluding hydrogens is 236 g/mol. The molecule has 0 fully saturated rings. The van der Waals surface area contributed by atoms with Gasteiger partial charge >= 0.3 is 0 Å². The van der Waals surface area contributed by atoms with Gasteiger partial charge < -0.3 is 4.98 Å². The Morgan fingerprint density at radius 1 is 1.11 bits per heavy atom. The van der Waals surface area contributed by atoms with Crippen LogP contribution >= 0.6 is 0 Å². The maximum absolute atomic E-state index is 13.1. The van der Waals surface area contributed by atoms with Gasteiger partial charge in [0.1, 0.15) is 0 Å². The van der Waals surface area contributed by atoms with E-state index in [-0.39, 0.29) is 17.1 Å². The topological polar surface area (TPSA) is 32.9 Å². The van der Waals surface area contributed by atoms with Crippen LogP contribution in [0.5, 0.6) is 0 Å². The van der Waals surface area contributed by atoms with Crippen molar-refractivity contribution in [2.45, 2.75) is 6.92 Å². The molecule has 0 atom stereocenters. The van der Waals surface area contributed by atoms with E-state index in [4.69, 9.17) is 0 Å². The van der Waals surface area contributed by atoms with E-state index in [1.807, 2.05) is 0 Å². The van der Waals surface area contributed by atoms with Crippen LogP contribution in [0.25, 0.3) is 5.57 Å². The first kappa shape index (κ1) is 12.2.